The average Bonchev–Trinajstić information content (AvgIpc) is 2.74. The van der Waals surface area contributed by atoms with Crippen molar-refractivity contribution in [2.75, 3.05) is 11.8 Å². The highest BCUT2D eigenvalue weighted by Crippen LogP contribution is 2.24. The predicted octanol–water partition coefficient (Wildman–Crippen LogP) is 4.13. The molecule has 156 valence electrons. The highest BCUT2D eigenvalue weighted by atomic mass is 32.2. The second kappa shape index (κ2) is 8.96. The van der Waals surface area contributed by atoms with Gasteiger partial charge in [-0.25, -0.2) is 12.8 Å². The number of sulfonamides is 1. The van der Waals surface area contributed by atoms with Gasteiger partial charge in [0.05, 0.1) is 29.3 Å². The van der Waals surface area contributed by atoms with Gasteiger partial charge < -0.3 is 10.1 Å². The zero-order valence-electron chi connectivity index (χ0n) is 16.4. The molecule has 0 aliphatic rings. The molecule has 0 aliphatic carbocycles. The molecule has 0 saturated heterocycles. The van der Waals surface area contributed by atoms with Crippen molar-refractivity contribution in [3.8, 4) is 5.75 Å². The van der Waals surface area contributed by atoms with Crippen LogP contribution in [-0.4, -0.2) is 21.4 Å². The molecule has 0 radical (unpaired) electrons. The predicted molar refractivity (Wildman–Crippen MR) is 113 cm³/mol. The number of para-hydroxylation sites is 1. The fourth-order valence-corrected chi connectivity index (χ4v) is 3.98. The monoisotopic (exact) mass is 428 g/mol. The number of carbonyl (C=O) groups is 1. The SMILES string of the molecule is COc1ccc(S(=O)(=O)Nc2ccccc2C(=O)N[C@H](C)c2ccccc2)cc1F. The van der Waals surface area contributed by atoms with Crippen LogP contribution >= 0.6 is 0 Å². The Morgan fingerprint density at radius 3 is 2.33 bits per heavy atom. The van der Waals surface area contributed by atoms with Gasteiger partial charge in [0, 0.05) is 0 Å². The van der Waals surface area contributed by atoms with Crippen LogP contribution in [0.3, 0.4) is 0 Å². The fraction of sp³-hybridized carbons (Fsp3) is 0.136. The van der Waals surface area contributed by atoms with Crippen LogP contribution in [0.15, 0.2) is 77.7 Å². The minimum Gasteiger partial charge on any atom is -0.494 e. The number of amides is 1. The maximum Gasteiger partial charge on any atom is 0.262 e. The number of anilines is 1. The van der Waals surface area contributed by atoms with Crippen LogP contribution in [0, 0.1) is 5.82 Å². The van der Waals surface area contributed by atoms with E-state index in [9.17, 15) is 17.6 Å². The normalized spacial score (nSPS) is 12.1. The molecule has 0 bridgehead atoms. The maximum atomic E-state index is 14.0. The highest BCUT2D eigenvalue weighted by molar-refractivity contribution is 7.92. The van der Waals surface area contributed by atoms with Crippen LogP contribution in [0.25, 0.3) is 0 Å². The van der Waals surface area contributed by atoms with E-state index in [1.807, 2.05) is 37.3 Å². The lowest BCUT2D eigenvalue weighted by atomic mass is 10.1. The third-order valence-electron chi connectivity index (χ3n) is 4.50. The molecule has 3 aromatic rings. The third-order valence-corrected chi connectivity index (χ3v) is 5.86. The van der Waals surface area contributed by atoms with E-state index >= 15 is 0 Å². The molecule has 0 aliphatic heterocycles. The van der Waals surface area contributed by atoms with Gasteiger partial charge in [0.1, 0.15) is 0 Å². The molecule has 0 spiro atoms. The van der Waals surface area contributed by atoms with Crippen LogP contribution in [0.5, 0.6) is 5.75 Å². The van der Waals surface area contributed by atoms with Crippen LogP contribution in [0.2, 0.25) is 0 Å². The van der Waals surface area contributed by atoms with E-state index in [1.54, 1.807) is 12.1 Å². The van der Waals surface area contributed by atoms with Crippen molar-refractivity contribution in [2.24, 2.45) is 0 Å². The molecule has 8 heteroatoms. The van der Waals surface area contributed by atoms with Crippen molar-refractivity contribution >= 4 is 21.6 Å². The first-order valence-electron chi connectivity index (χ1n) is 9.13. The number of hydrogen-bond donors (Lipinski definition) is 2. The molecule has 0 fully saturated rings. The van der Waals surface area contributed by atoms with Gasteiger partial charge in [0.2, 0.25) is 0 Å². The lowest BCUT2D eigenvalue weighted by Crippen LogP contribution is -2.28. The van der Waals surface area contributed by atoms with Gasteiger partial charge >= 0.3 is 0 Å². The molecule has 2 N–H and O–H groups in total. The van der Waals surface area contributed by atoms with Crippen molar-refractivity contribution in [2.45, 2.75) is 17.9 Å². The van der Waals surface area contributed by atoms with E-state index in [0.717, 1.165) is 11.6 Å². The largest absolute Gasteiger partial charge is 0.494 e. The Bertz CT molecular complexity index is 1150. The summed E-state index contributed by atoms with van der Waals surface area (Å²) in [7, 11) is -2.84. The van der Waals surface area contributed by atoms with Crippen LogP contribution in [0.4, 0.5) is 10.1 Å². The molecule has 0 aromatic heterocycles. The number of methoxy groups -OCH3 is 1. The summed E-state index contributed by atoms with van der Waals surface area (Å²) in [5.74, 6) is -1.31. The summed E-state index contributed by atoms with van der Waals surface area (Å²) in [5, 5.41) is 2.85. The van der Waals surface area contributed by atoms with Crippen LogP contribution in [-0.2, 0) is 10.0 Å². The van der Waals surface area contributed by atoms with Gasteiger partial charge in [-0.2, -0.15) is 0 Å². The minimum absolute atomic E-state index is 0.0661. The maximum absolute atomic E-state index is 14.0. The van der Waals surface area contributed by atoms with E-state index in [1.165, 1.54) is 31.4 Å². The van der Waals surface area contributed by atoms with Gasteiger partial charge in [-0.1, -0.05) is 42.5 Å². The second-order valence-corrected chi connectivity index (χ2v) is 8.24. The molecule has 1 amide bonds. The molecule has 6 nitrogen and oxygen atoms in total. The van der Waals surface area contributed by atoms with Gasteiger partial charge in [-0.05, 0) is 42.8 Å². The highest BCUT2D eigenvalue weighted by Gasteiger charge is 2.21. The number of carbonyl (C=O) groups excluding carboxylic acids is 1. The van der Waals surface area contributed by atoms with Crippen molar-refractivity contribution in [1.82, 2.24) is 5.32 Å². The number of benzene rings is 3. The van der Waals surface area contributed by atoms with Crippen LogP contribution in [0.1, 0.15) is 28.9 Å². The summed E-state index contributed by atoms with van der Waals surface area (Å²) in [6, 6.07) is 18.6. The number of hydrogen-bond acceptors (Lipinski definition) is 4. The molecular formula is C22H21FN2O4S. The fourth-order valence-electron chi connectivity index (χ4n) is 2.89. The van der Waals surface area contributed by atoms with Crippen molar-refractivity contribution in [1.29, 1.82) is 0 Å². The van der Waals surface area contributed by atoms with Crippen molar-refractivity contribution < 1.29 is 22.3 Å². The smallest absolute Gasteiger partial charge is 0.262 e. The van der Waals surface area contributed by atoms with Gasteiger partial charge in [0.25, 0.3) is 15.9 Å². The first-order chi connectivity index (χ1) is 14.3. The Morgan fingerprint density at radius 2 is 1.67 bits per heavy atom. The summed E-state index contributed by atoms with van der Waals surface area (Å²) in [6.07, 6.45) is 0. The van der Waals surface area contributed by atoms with Gasteiger partial charge in [-0.3, -0.25) is 9.52 Å². The summed E-state index contributed by atoms with van der Waals surface area (Å²) in [5.41, 5.74) is 1.15. The van der Waals surface area contributed by atoms with Gasteiger partial charge in [0.15, 0.2) is 11.6 Å². The first kappa shape index (κ1) is 21.3. The Hall–Kier alpha value is -3.39. The zero-order valence-corrected chi connectivity index (χ0v) is 17.2. The van der Waals surface area contributed by atoms with Crippen molar-refractivity contribution in [3.05, 3.63) is 89.7 Å². The Morgan fingerprint density at radius 1 is 1.00 bits per heavy atom. The van der Waals surface area contributed by atoms with Crippen LogP contribution < -0.4 is 14.8 Å². The molecule has 30 heavy (non-hydrogen) atoms. The Labute approximate surface area is 174 Å². The lowest BCUT2D eigenvalue weighted by Gasteiger charge is -2.17. The quantitative estimate of drug-likeness (QED) is 0.593. The zero-order chi connectivity index (χ0) is 21.7. The summed E-state index contributed by atoms with van der Waals surface area (Å²) in [6.45, 7) is 1.83. The Balaban J connectivity index is 1.84. The summed E-state index contributed by atoms with van der Waals surface area (Å²) >= 11 is 0. The number of rotatable bonds is 7. The molecular weight excluding hydrogens is 407 g/mol. The van der Waals surface area contributed by atoms with E-state index in [4.69, 9.17) is 4.74 Å². The third kappa shape index (κ3) is 4.77. The average molecular weight is 428 g/mol. The molecule has 0 heterocycles. The molecule has 0 saturated carbocycles. The molecule has 3 aromatic carbocycles. The number of ether oxygens (including phenoxy) is 1. The second-order valence-electron chi connectivity index (χ2n) is 6.55. The van der Waals surface area contributed by atoms with Gasteiger partial charge in [-0.15, -0.1) is 0 Å². The standard InChI is InChI=1S/C22H21FN2O4S/c1-15(16-8-4-3-5-9-16)24-22(26)18-10-6-7-11-20(18)25-30(27,28)17-12-13-21(29-2)19(23)14-17/h3-15,25H,1-2H3,(H,24,26)/t15-/m1/s1. The van der Waals surface area contributed by atoms with E-state index in [-0.39, 0.29) is 27.9 Å². The minimum atomic E-state index is -4.12. The first-order valence-corrected chi connectivity index (χ1v) is 10.6. The summed E-state index contributed by atoms with van der Waals surface area (Å²) < 4.78 is 46.6. The molecule has 0 unspecified atom stereocenters. The van der Waals surface area contributed by atoms with E-state index in [0.29, 0.717) is 0 Å². The molecule has 1 atom stereocenters. The van der Waals surface area contributed by atoms with Crippen molar-refractivity contribution in [3.63, 3.8) is 0 Å². The Kier molecular flexibility index (Phi) is 6.37. The van der Waals surface area contributed by atoms with E-state index < -0.39 is 21.7 Å². The molecule has 3 rings (SSSR count). The number of nitrogens with one attached hydrogen (secondary N) is 2. The topological polar surface area (TPSA) is 84.5 Å². The lowest BCUT2D eigenvalue weighted by molar-refractivity contribution is 0.0941. The summed E-state index contributed by atoms with van der Waals surface area (Å²) in [4.78, 5) is 12.5. The van der Waals surface area contributed by atoms with E-state index in [2.05, 4.69) is 10.0 Å². The number of halogens is 1.